The zero-order valence-corrected chi connectivity index (χ0v) is 13.0. The quantitative estimate of drug-likeness (QED) is 0.426. The molecule has 9 nitrogen and oxygen atoms in total. The fourth-order valence-electron chi connectivity index (χ4n) is 2.14. The highest BCUT2D eigenvalue weighted by molar-refractivity contribution is 6.46. The smallest absolute Gasteiger partial charge is 0.323 e. The molecule has 0 spiro atoms. The molecule has 0 saturated carbocycles. The summed E-state index contributed by atoms with van der Waals surface area (Å²) in [5, 5.41) is 34.8. The number of carboxylic acid groups (broad SMARTS) is 2. The van der Waals surface area contributed by atoms with Gasteiger partial charge in [0, 0.05) is 6.42 Å². The van der Waals surface area contributed by atoms with Crippen LogP contribution in [0.5, 0.6) is 5.75 Å². The molecule has 0 bridgehead atoms. The molecule has 0 aromatic heterocycles. The fraction of sp³-hybridized carbons (Fsp3) is 0.188. The van der Waals surface area contributed by atoms with Gasteiger partial charge >= 0.3 is 11.9 Å². The molecule has 25 heavy (non-hydrogen) atoms. The van der Waals surface area contributed by atoms with E-state index < -0.39 is 24.4 Å². The molecule has 0 aliphatic carbocycles. The van der Waals surface area contributed by atoms with Crippen molar-refractivity contribution in [3.05, 3.63) is 35.5 Å². The molecule has 4 N–H and O–H groups in total. The standard InChI is InChI=1S/C16H15N3O6/c17-11(5-6-13(21)22)15-18-12(16(25)19(15)8-14(23)24)7-9-1-3-10(20)4-2-9/h1-4,7,17,20H,5-6,8H2,(H,21,22)(H,23,24)/b12-7+,17-11?. The molecule has 0 fully saturated rings. The minimum absolute atomic E-state index is 0.0482. The Balaban J connectivity index is 2.33. The maximum atomic E-state index is 12.4. The fourth-order valence-corrected chi connectivity index (χ4v) is 2.14. The van der Waals surface area contributed by atoms with Crippen molar-refractivity contribution in [3.8, 4) is 5.75 Å². The molecule has 0 unspecified atom stereocenters. The van der Waals surface area contributed by atoms with Gasteiger partial charge in [0.1, 0.15) is 18.0 Å². The lowest BCUT2D eigenvalue weighted by Crippen LogP contribution is -2.40. The molecule has 1 aromatic rings. The number of nitrogens with one attached hydrogen (secondary N) is 1. The van der Waals surface area contributed by atoms with Crippen LogP contribution in [0.4, 0.5) is 0 Å². The molecule has 1 amide bonds. The zero-order chi connectivity index (χ0) is 18.6. The Bertz CT molecular complexity index is 795. The summed E-state index contributed by atoms with van der Waals surface area (Å²) in [6.45, 7) is -0.681. The topological polar surface area (TPSA) is 151 Å². The highest BCUT2D eigenvalue weighted by Crippen LogP contribution is 2.21. The van der Waals surface area contributed by atoms with Crippen molar-refractivity contribution in [3.63, 3.8) is 0 Å². The third-order valence-electron chi connectivity index (χ3n) is 3.29. The Kier molecular flexibility index (Phi) is 5.28. The number of amidine groups is 1. The van der Waals surface area contributed by atoms with Crippen LogP contribution < -0.4 is 0 Å². The molecule has 1 aliphatic rings. The van der Waals surface area contributed by atoms with Crippen LogP contribution in [0.25, 0.3) is 6.08 Å². The van der Waals surface area contributed by atoms with E-state index in [1.807, 2.05) is 0 Å². The number of benzene rings is 1. The second kappa shape index (κ2) is 7.39. The van der Waals surface area contributed by atoms with Crippen LogP contribution >= 0.6 is 0 Å². The number of rotatable bonds is 7. The number of aliphatic carboxylic acids is 2. The highest BCUT2D eigenvalue weighted by atomic mass is 16.4. The van der Waals surface area contributed by atoms with Crippen LogP contribution in [0.15, 0.2) is 35.0 Å². The maximum Gasteiger partial charge on any atom is 0.323 e. The SMILES string of the molecule is N=C(CCC(=O)O)C1=N/C(=C/c2ccc(O)cc2)C(=O)N1CC(=O)O. The number of aromatic hydroxyl groups is 1. The average molecular weight is 345 g/mol. The number of aliphatic imine (C=N–C) groups is 1. The van der Waals surface area contributed by atoms with Gasteiger partial charge in [0.05, 0.1) is 12.1 Å². The van der Waals surface area contributed by atoms with Crippen molar-refractivity contribution >= 4 is 35.5 Å². The largest absolute Gasteiger partial charge is 0.508 e. The Morgan fingerprint density at radius 3 is 2.32 bits per heavy atom. The zero-order valence-electron chi connectivity index (χ0n) is 13.0. The van der Waals surface area contributed by atoms with E-state index >= 15 is 0 Å². The number of hydrogen-bond acceptors (Lipinski definition) is 6. The van der Waals surface area contributed by atoms with E-state index in [1.54, 1.807) is 12.1 Å². The summed E-state index contributed by atoms with van der Waals surface area (Å²) in [7, 11) is 0. The van der Waals surface area contributed by atoms with Gasteiger partial charge in [-0.25, -0.2) is 4.99 Å². The number of phenols is 1. The number of carbonyl (C=O) groups excluding carboxylic acids is 1. The van der Waals surface area contributed by atoms with Gasteiger partial charge in [0.25, 0.3) is 5.91 Å². The summed E-state index contributed by atoms with van der Waals surface area (Å²) in [4.78, 5) is 38.8. The lowest BCUT2D eigenvalue weighted by atomic mass is 10.2. The first kappa shape index (κ1) is 17.9. The van der Waals surface area contributed by atoms with E-state index in [-0.39, 0.29) is 35.8 Å². The second-order valence-corrected chi connectivity index (χ2v) is 5.21. The summed E-state index contributed by atoms with van der Waals surface area (Å²) in [5.41, 5.74) is 0.256. The van der Waals surface area contributed by atoms with Gasteiger partial charge in [-0.1, -0.05) is 12.1 Å². The number of phenolic OH excluding ortho intramolecular Hbond substituents is 1. The highest BCUT2D eigenvalue weighted by Gasteiger charge is 2.33. The first-order chi connectivity index (χ1) is 11.8. The van der Waals surface area contributed by atoms with Crippen molar-refractivity contribution in [2.24, 2.45) is 4.99 Å². The van der Waals surface area contributed by atoms with E-state index in [9.17, 15) is 19.5 Å². The third kappa shape index (κ3) is 4.50. The summed E-state index contributed by atoms with van der Waals surface area (Å²) < 4.78 is 0. The van der Waals surface area contributed by atoms with E-state index in [0.29, 0.717) is 5.56 Å². The lowest BCUT2D eigenvalue weighted by molar-refractivity contribution is -0.140. The molecule has 0 radical (unpaired) electrons. The molecule has 0 saturated heterocycles. The van der Waals surface area contributed by atoms with Crippen LogP contribution in [0, 0.1) is 5.41 Å². The number of carbonyl (C=O) groups is 3. The maximum absolute atomic E-state index is 12.4. The molecule has 2 rings (SSSR count). The van der Waals surface area contributed by atoms with Crippen molar-refractivity contribution in [1.29, 1.82) is 5.41 Å². The molecule has 1 heterocycles. The molecular weight excluding hydrogens is 330 g/mol. The van der Waals surface area contributed by atoms with Gasteiger partial charge in [0.15, 0.2) is 5.84 Å². The summed E-state index contributed by atoms with van der Waals surface area (Å²) in [5.74, 6) is -3.20. The predicted octanol–water partition coefficient (Wildman–Crippen LogP) is 0.943. The summed E-state index contributed by atoms with van der Waals surface area (Å²) in [6.07, 6.45) is 0.891. The van der Waals surface area contributed by atoms with E-state index in [2.05, 4.69) is 4.99 Å². The van der Waals surface area contributed by atoms with Gasteiger partial charge in [0.2, 0.25) is 0 Å². The third-order valence-corrected chi connectivity index (χ3v) is 3.29. The Morgan fingerprint density at radius 2 is 1.76 bits per heavy atom. The Hall–Kier alpha value is -3.49. The Morgan fingerprint density at radius 1 is 1.12 bits per heavy atom. The summed E-state index contributed by atoms with van der Waals surface area (Å²) >= 11 is 0. The first-order valence-electron chi connectivity index (χ1n) is 7.20. The van der Waals surface area contributed by atoms with E-state index in [1.165, 1.54) is 18.2 Å². The monoisotopic (exact) mass is 345 g/mol. The molecular formula is C16H15N3O6. The van der Waals surface area contributed by atoms with Gasteiger partial charge in [-0.2, -0.15) is 0 Å². The van der Waals surface area contributed by atoms with E-state index in [0.717, 1.165) is 4.90 Å². The van der Waals surface area contributed by atoms with Crippen LogP contribution in [-0.2, 0) is 14.4 Å². The van der Waals surface area contributed by atoms with Crippen LogP contribution in [0.1, 0.15) is 18.4 Å². The summed E-state index contributed by atoms with van der Waals surface area (Å²) in [6, 6.07) is 5.92. The lowest BCUT2D eigenvalue weighted by Gasteiger charge is -2.15. The molecule has 1 aliphatic heterocycles. The number of hydrogen-bond donors (Lipinski definition) is 4. The average Bonchev–Trinajstić information content (AvgIpc) is 2.83. The predicted molar refractivity (Wildman–Crippen MR) is 87.5 cm³/mol. The molecule has 130 valence electrons. The molecule has 9 heteroatoms. The molecule has 1 aromatic carbocycles. The first-order valence-corrected chi connectivity index (χ1v) is 7.20. The van der Waals surface area contributed by atoms with Crippen molar-refractivity contribution < 1.29 is 29.7 Å². The van der Waals surface area contributed by atoms with Crippen molar-refractivity contribution in [2.45, 2.75) is 12.8 Å². The number of amides is 1. The van der Waals surface area contributed by atoms with Crippen molar-refractivity contribution in [1.82, 2.24) is 4.90 Å². The molecule has 0 atom stereocenters. The van der Waals surface area contributed by atoms with Gasteiger partial charge in [-0.05, 0) is 23.8 Å². The van der Waals surface area contributed by atoms with Gasteiger partial charge in [-0.15, -0.1) is 0 Å². The van der Waals surface area contributed by atoms with Crippen LogP contribution in [0.3, 0.4) is 0 Å². The second-order valence-electron chi connectivity index (χ2n) is 5.21. The minimum atomic E-state index is -1.28. The Labute approximate surface area is 142 Å². The van der Waals surface area contributed by atoms with Gasteiger partial charge in [-0.3, -0.25) is 19.3 Å². The van der Waals surface area contributed by atoms with Crippen LogP contribution in [0.2, 0.25) is 0 Å². The normalized spacial score (nSPS) is 15.4. The van der Waals surface area contributed by atoms with Crippen molar-refractivity contribution in [2.75, 3.05) is 6.54 Å². The van der Waals surface area contributed by atoms with Crippen LogP contribution in [-0.4, -0.2) is 56.2 Å². The minimum Gasteiger partial charge on any atom is -0.508 e. The van der Waals surface area contributed by atoms with Gasteiger partial charge < -0.3 is 20.7 Å². The van der Waals surface area contributed by atoms with E-state index in [4.69, 9.17) is 15.6 Å². The number of carboxylic acids is 2. The number of nitrogens with zero attached hydrogens (tertiary/aromatic N) is 2.